The van der Waals surface area contributed by atoms with Crippen molar-refractivity contribution < 1.29 is 53.2 Å². The maximum atomic E-state index is 14.2. The Morgan fingerprint density at radius 3 is 2.27 bits per heavy atom. The summed E-state index contributed by atoms with van der Waals surface area (Å²) in [6.45, 7) is 1.32. The van der Waals surface area contributed by atoms with Gasteiger partial charge >= 0.3 is 28.3 Å². The number of aromatic nitrogens is 2. The monoisotopic (exact) mass is 653 g/mol. The van der Waals surface area contributed by atoms with Gasteiger partial charge < -0.3 is 9.74 Å². The second-order valence-corrected chi connectivity index (χ2v) is 11.4. The average Bonchev–Trinajstić information content (AvgIpc) is 2.94. The van der Waals surface area contributed by atoms with Gasteiger partial charge in [-0.05, 0) is 48.7 Å². The molecule has 1 aromatic carbocycles. The van der Waals surface area contributed by atoms with E-state index in [2.05, 4.69) is 14.8 Å². The highest BCUT2D eigenvalue weighted by molar-refractivity contribution is 7.92. The van der Waals surface area contributed by atoms with Crippen LogP contribution in [-0.2, 0) is 32.4 Å². The quantitative estimate of drug-likeness (QED) is 0.189. The first kappa shape index (κ1) is 32.8. The Kier molecular flexibility index (Phi) is 9.34. The number of alkyl halides is 6. The Hall–Kier alpha value is -4.06. The molecule has 44 heavy (non-hydrogen) atoms. The molecule has 2 aromatic heterocycles. The van der Waals surface area contributed by atoms with Crippen molar-refractivity contribution in [1.82, 2.24) is 14.9 Å². The third-order valence-corrected chi connectivity index (χ3v) is 8.16. The second-order valence-electron chi connectivity index (χ2n) is 9.71. The molecule has 0 aliphatic carbocycles. The van der Waals surface area contributed by atoms with Crippen LogP contribution < -0.4 is 9.37 Å². The fourth-order valence-corrected chi connectivity index (χ4v) is 5.70. The number of piperidine rings is 1. The third kappa shape index (κ3) is 7.53. The molecule has 9 nitrogen and oxygen atoms in total. The smallest absolute Gasteiger partial charge is 0.370 e. The van der Waals surface area contributed by atoms with E-state index in [-0.39, 0.29) is 6.07 Å². The van der Waals surface area contributed by atoms with Crippen molar-refractivity contribution in [2.24, 2.45) is 0 Å². The predicted molar refractivity (Wildman–Crippen MR) is 138 cm³/mol. The van der Waals surface area contributed by atoms with Gasteiger partial charge in [-0.1, -0.05) is 22.7 Å². The Bertz CT molecular complexity index is 1610. The minimum Gasteiger partial charge on any atom is -0.370 e. The van der Waals surface area contributed by atoms with Gasteiger partial charge in [-0.15, -0.1) is 0 Å². The van der Waals surface area contributed by atoms with Crippen molar-refractivity contribution in [2.75, 3.05) is 29.5 Å². The minimum atomic E-state index is -5.73. The fourth-order valence-electron chi connectivity index (χ4n) is 4.56. The summed E-state index contributed by atoms with van der Waals surface area (Å²) >= 11 is 0. The van der Waals surface area contributed by atoms with E-state index in [4.69, 9.17) is 0 Å². The van der Waals surface area contributed by atoms with Gasteiger partial charge in [0.2, 0.25) is 5.95 Å². The van der Waals surface area contributed by atoms with Gasteiger partial charge in [-0.2, -0.15) is 44.1 Å². The minimum absolute atomic E-state index is 0.0773. The summed E-state index contributed by atoms with van der Waals surface area (Å²) in [5, 5.41) is -1.45. The third-order valence-electron chi connectivity index (χ3n) is 6.71. The molecule has 3 heterocycles. The highest BCUT2D eigenvalue weighted by Crippen LogP contribution is 2.39. The summed E-state index contributed by atoms with van der Waals surface area (Å²) in [7, 11) is -4.27. The van der Waals surface area contributed by atoms with Gasteiger partial charge in [0, 0.05) is 32.7 Å². The SMILES string of the molecule is CN(c1cnc(S(=O)(=O)N(OC(=O)C(F)(F)F)c2cccc(F)n2)cc1C(F)(F)F)C1CCN(Cc2cccc(F)c2)CC1. The Morgan fingerprint density at radius 1 is 1.02 bits per heavy atom. The van der Waals surface area contributed by atoms with Gasteiger partial charge in [-0.3, -0.25) is 4.90 Å². The lowest BCUT2D eigenvalue weighted by atomic mass is 10.0. The van der Waals surface area contributed by atoms with E-state index in [1.54, 1.807) is 12.1 Å². The van der Waals surface area contributed by atoms with E-state index >= 15 is 0 Å². The number of likely N-dealkylation sites (tertiary alicyclic amines) is 1. The van der Waals surface area contributed by atoms with Crippen LogP contribution in [0, 0.1) is 11.8 Å². The molecule has 18 heteroatoms. The maximum Gasteiger partial charge on any atom is 0.493 e. The van der Waals surface area contributed by atoms with Crippen LogP contribution in [0.5, 0.6) is 0 Å². The summed E-state index contributed by atoms with van der Waals surface area (Å²) in [5.74, 6) is -6.05. The second kappa shape index (κ2) is 12.5. The van der Waals surface area contributed by atoms with Gasteiger partial charge in [0.05, 0.1) is 17.4 Å². The number of halogens is 8. The standard InChI is InChI=1S/C26H23F8N5O4S/c1-37(18-8-10-38(11-9-18)15-16-4-2-5-17(27)12-16)20-14-35-23(13-19(20)25(29,30)31)44(41,42)39(43-24(40)26(32,33)34)22-7-3-6-21(28)36-22/h2-7,12-14,18H,8-11,15H2,1H3. The van der Waals surface area contributed by atoms with Gasteiger partial charge in [-0.25, -0.2) is 14.2 Å². The number of carbonyl (C=O) groups is 1. The van der Waals surface area contributed by atoms with Crippen LogP contribution in [-0.4, -0.2) is 61.6 Å². The Morgan fingerprint density at radius 2 is 1.68 bits per heavy atom. The van der Waals surface area contributed by atoms with Crippen molar-refractivity contribution in [3.05, 3.63) is 77.6 Å². The lowest BCUT2D eigenvalue weighted by molar-refractivity contribution is -0.199. The van der Waals surface area contributed by atoms with Gasteiger partial charge in [0.25, 0.3) is 0 Å². The number of hydrogen-bond donors (Lipinski definition) is 0. The summed E-state index contributed by atoms with van der Waals surface area (Å²) < 4.78 is 134. The van der Waals surface area contributed by atoms with Crippen LogP contribution >= 0.6 is 0 Å². The average molecular weight is 654 g/mol. The normalized spacial score (nSPS) is 15.2. The summed E-state index contributed by atoms with van der Waals surface area (Å²) in [4.78, 5) is 25.3. The Labute approximate surface area is 245 Å². The molecule has 1 saturated heterocycles. The zero-order chi connectivity index (χ0) is 32.4. The van der Waals surface area contributed by atoms with Crippen LogP contribution in [0.2, 0.25) is 0 Å². The molecule has 0 radical (unpaired) electrons. The Balaban J connectivity index is 1.62. The number of anilines is 2. The number of pyridine rings is 2. The molecule has 0 unspecified atom stereocenters. The first-order chi connectivity index (χ1) is 20.5. The number of rotatable bonds is 8. The molecule has 1 aliphatic rings. The molecule has 0 atom stereocenters. The van der Waals surface area contributed by atoms with Crippen LogP contribution in [0.4, 0.5) is 46.6 Å². The summed E-state index contributed by atoms with van der Waals surface area (Å²) in [6, 6.07) is 7.77. The van der Waals surface area contributed by atoms with Crippen molar-refractivity contribution in [3.63, 3.8) is 0 Å². The first-order valence-corrected chi connectivity index (χ1v) is 14.1. The number of hydrogen-bond acceptors (Lipinski definition) is 8. The molecule has 0 N–H and O–H groups in total. The van der Waals surface area contributed by atoms with Crippen molar-refractivity contribution in [1.29, 1.82) is 0 Å². The lowest BCUT2D eigenvalue weighted by Crippen LogP contribution is -2.43. The molecular formula is C26H23F8N5O4S. The van der Waals surface area contributed by atoms with Crippen molar-refractivity contribution >= 4 is 27.5 Å². The molecule has 4 rings (SSSR count). The van der Waals surface area contributed by atoms with Crippen molar-refractivity contribution in [2.45, 2.75) is 42.8 Å². The van der Waals surface area contributed by atoms with E-state index in [9.17, 15) is 48.3 Å². The van der Waals surface area contributed by atoms with Gasteiger partial charge in [0.1, 0.15) is 5.82 Å². The van der Waals surface area contributed by atoms with Crippen LogP contribution in [0.1, 0.15) is 24.0 Å². The molecule has 0 bridgehead atoms. The van der Waals surface area contributed by atoms with Crippen LogP contribution in [0.25, 0.3) is 0 Å². The molecular weight excluding hydrogens is 630 g/mol. The van der Waals surface area contributed by atoms with Crippen LogP contribution in [0.3, 0.4) is 0 Å². The fraction of sp³-hybridized carbons (Fsp3) is 0.346. The molecule has 238 valence electrons. The highest BCUT2D eigenvalue weighted by atomic mass is 32.2. The molecule has 3 aromatic rings. The highest BCUT2D eigenvalue weighted by Gasteiger charge is 2.46. The summed E-state index contributed by atoms with van der Waals surface area (Å²) in [6.07, 6.45) is -9.55. The predicted octanol–water partition coefficient (Wildman–Crippen LogP) is 5.09. The zero-order valence-corrected chi connectivity index (χ0v) is 23.4. The van der Waals surface area contributed by atoms with Gasteiger partial charge in [0.15, 0.2) is 10.8 Å². The van der Waals surface area contributed by atoms with E-state index < -0.39 is 72.7 Å². The number of benzene rings is 1. The molecule has 0 spiro atoms. The maximum absolute atomic E-state index is 14.2. The van der Waals surface area contributed by atoms with Crippen LogP contribution in [0.15, 0.2) is 59.8 Å². The zero-order valence-electron chi connectivity index (χ0n) is 22.6. The van der Waals surface area contributed by atoms with Crippen molar-refractivity contribution in [3.8, 4) is 0 Å². The van der Waals surface area contributed by atoms with E-state index in [0.29, 0.717) is 50.8 Å². The van der Waals surface area contributed by atoms with E-state index in [1.807, 2.05) is 4.90 Å². The number of nitrogens with zero attached hydrogens (tertiary/aromatic N) is 5. The molecule has 0 saturated carbocycles. The van der Waals surface area contributed by atoms with E-state index in [0.717, 1.165) is 11.6 Å². The largest absolute Gasteiger partial charge is 0.493 e. The number of carbonyl (C=O) groups excluding carboxylic acids is 1. The lowest BCUT2D eigenvalue weighted by Gasteiger charge is -2.38. The topological polar surface area (TPSA) is 95.9 Å². The van der Waals surface area contributed by atoms with E-state index in [1.165, 1.54) is 24.1 Å². The molecule has 1 fully saturated rings. The molecule has 1 aliphatic heterocycles. The number of sulfonamides is 1. The summed E-state index contributed by atoms with van der Waals surface area (Å²) in [5.41, 5.74) is -1.30. The first-order valence-electron chi connectivity index (χ1n) is 12.7. The molecule has 0 amide bonds.